The molecular weight excluding hydrogens is 435 g/mol. The van der Waals surface area contributed by atoms with E-state index in [0.29, 0.717) is 13.0 Å². The van der Waals surface area contributed by atoms with Gasteiger partial charge in [-0.2, -0.15) is 0 Å². The van der Waals surface area contributed by atoms with Crippen molar-refractivity contribution in [2.24, 2.45) is 5.92 Å². The highest BCUT2D eigenvalue weighted by Gasteiger charge is 2.15. The third-order valence-corrected chi connectivity index (χ3v) is 6.93. The molecule has 2 aromatic rings. The molecule has 0 saturated heterocycles. The summed E-state index contributed by atoms with van der Waals surface area (Å²) in [4.78, 5) is 9.14. The average Bonchev–Trinajstić information content (AvgIpc) is 2.89. The Labute approximate surface area is 214 Å². The maximum absolute atomic E-state index is 14.2. The van der Waals surface area contributed by atoms with E-state index < -0.39 is 6.17 Å². The van der Waals surface area contributed by atoms with Crippen LogP contribution in [0, 0.1) is 5.92 Å². The monoisotopic (exact) mass is 484 g/mol. The van der Waals surface area contributed by atoms with Gasteiger partial charge in [-0.25, -0.2) is 14.4 Å². The SMILES string of the molecule is CCCCCCCCCCCCc1cnc(-c2ccc(OCCC(F)C(C)CCCC)cc2)nc1. The Kier molecular flexibility index (Phi) is 15.3. The number of benzene rings is 1. The lowest BCUT2D eigenvalue weighted by atomic mass is 9.97. The van der Waals surface area contributed by atoms with Crippen LogP contribution in [-0.4, -0.2) is 22.7 Å². The predicted molar refractivity (Wildman–Crippen MR) is 147 cm³/mol. The fourth-order valence-electron chi connectivity index (χ4n) is 4.43. The zero-order chi connectivity index (χ0) is 25.1. The first-order valence-electron chi connectivity index (χ1n) is 14.3. The summed E-state index contributed by atoms with van der Waals surface area (Å²) in [6.07, 6.45) is 21.3. The summed E-state index contributed by atoms with van der Waals surface area (Å²) < 4.78 is 20.0. The second kappa shape index (κ2) is 18.3. The molecule has 2 atom stereocenters. The van der Waals surface area contributed by atoms with Crippen LogP contribution in [0.3, 0.4) is 0 Å². The zero-order valence-electron chi connectivity index (χ0n) is 22.6. The first kappa shape index (κ1) is 29.3. The minimum Gasteiger partial charge on any atom is -0.493 e. The lowest BCUT2D eigenvalue weighted by Gasteiger charge is -2.16. The van der Waals surface area contributed by atoms with Gasteiger partial charge in [-0.3, -0.25) is 0 Å². The van der Waals surface area contributed by atoms with Gasteiger partial charge in [0, 0.05) is 24.4 Å². The topological polar surface area (TPSA) is 35.0 Å². The molecule has 2 rings (SSSR count). The van der Waals surface area contributed by atoms with E-state index in [2.05, 4.69) is 23.8 Å². The van der Waals surface area contributed by atoms with Crippen molar-refractivity contribution in [2.45, 2.75) is 123 Å². The molecule has 0 spiro atoms. The molecule has 0 bridgehead atoms. The van der Waals surface area contributed by atoms with E-state index >= 15 is 0 Å². The summed E-state index contributed by atoms with van der Waals surface area (Å²) in [6.45, 7) is 6.82. The molecular formula is C31H49FN2O. The van der Waals surface area contributed by atoms with Gasteiger partial charge in [-0.15, -0.1) is 0 Å². The second-order valence-corrected chi connectivity index (χ2v) is 10.1. The van der Waals surface area contributed by atoms with E-state index in [1.807, 2.05) is 43.6 Å². The van der Waals surface area contributed by atoms with Crippen LogP contribution >= 0.6 is 0 Å². The van der Waals surface area contributed by atoms with Crippen molar-refractivity contribution in [2.75, 3.05) is 6.61 Å². The maximum Gasteiger partial charge on any atom is 0.159 e. The summed E-state index contributed by atoms with van der Waals surface area (Å²) >= 11 is 0. The van der Waals surface area contributed by atoms with Crippen LogP contribution in [0.1, 0.15) is 116 Å². The Bertz CT molecular complexity index is 763. The van der Waals surface area contributed by atoms with Crippen molar-refractivity contribution in [3.05, 3.63) is 42.2 Å². The summed E-state index contributed by atoms with van der Waals surface area (Å²) in [5.41, 5.74) is 2.18. The quantitative estimate of drug-likeness (QED) is 0.175. The van der Waals surface area contributed by atoms with Gasteiger partial charge in [0.15, 0.2) is 5.82 Å². The molecule has 0 aliphatic carbocycles. The van der Waals surface area contributed by atoms with Crippen LogP contribution in [-0.2, 0) is 6.42 Å². The first-order valence-corrected chi connectivity index (χ1v) is 14.3. The van der Waals surface area contributed by atoms with Crippen LogP contribution in [0.25, 0.3) is 11.4 Å². The summed E-state index contributed by atoms with van der Waals surface area (Å²) in [5, 5.41) is 0. The molecule has 0 aliphatic rings. The number of ether oxygens (including phenoxy) is 1. The molecule has 0 aliphatic heterocycles. The number of rotatable bonds is 20. The number of alkyl halides is 1. The number of nitrogens with zero attached hydrogens (tertiary/aromatic N) is 2. The minimum atomic E-state index is -0.798. The molecule has 0 saturated carbocycles. The molecule has 1 aromatic carbocycles. The number of aryl methyl sites for hydroxylation is 1. The molecule has 0 fully saturated rings. The Morgan fingerprint density at radius 3 is 1.91 bits per heavy atom. The molecule has 4 heteroatoms. The van der Waals surface area contributed by atoms with Gasteiger partial charge < -0.3 is 4.74 Å². The van der Waals surface area contributed by atoms with Gasteiger partial charge in [0.2, 0.25) is 0 Å². The highest BCUT2D eigenvalue weighted by Crippen LogP contribution is 2.22. The molecule has 1 aromatic heterocycles. The van der Waals surface area contributed by atoms with Gasteiger partial charge in [0.05, 0.1) is 6.61 Å². The number of aromatic nitrogens is 2. The number of halogens is 1. The molecule has 3 nitrogen and oxygen atoms in total. The van der Waals surface area contributed by atoms with Gasteiger partial charge in [0.1, 0.15) is 11.9 Å². The Hall–Kier alpha value is -1.97. The first-order chi connectivity index (χ1) is 17.1. The van der Waals surface area contributed by atoms with E-state index in [-0.39, 0.29) is 5.92 Å². The van der Waals surface area contributed by atoms with Crippen LogP contribution in [0.4, 0.5) is 4.39 Å². The summed E-state index contributed by atoms with van der Waals surface area (Å²) in [6, 6.07) is 7.79. The van der Waals surface area contributed by atoms with E-state index in [0.717, 1.165) is 42.8 Å². The van der Waals surface area contributed by atoms with Crippen molar-refractivity contribution in [1.29, 1.82) is 0 Å². The van der Waals surface area contributed by atoms with E-state index in [1.54, 1.807) is 0 Å². The van der Waals surface area contributed by atoms with Crippen molar-refractivity contribution in [1.82, 2.24) is 9.97 Å². The lowest BCUT2D eigenvalue weighted by molar-refractivity contribution is 0.177. The smallest absolute Gasteiger partial charge is 0.159 e. The number of hydrogen-bond donors (Lipinski definition) is 0. The Morgan fingerprint density at radius 2 is 1.31 bits per heavy atom. The van der Waals surface area contributed by atoms with Crippen LogP contribution in [0.2, 0.25) is 0 Å². The molecule has 0 amide bonds. The minimum absolute atomic E-state index is 0.103. The molecule has 35 heavy (non-hydrogen) atoms. The van der Waals surface area contributed by atoms with Gasteiger partial charge in [-0.1, -0.05) is 91.4 Å². The third-order valence-electron chi connectivity index (χ3n) is 6.93. The highest BCUT2D eigenvalue weighted by molar-refractivity contribution is 5.55. The molecule has 0 radical (unpaired) electrons. The summed E-state index contributed by atoms with van der Waals surface area (Å²) in [7, 11) is 0. The number of unbranched alkanes of at least 4 members (excludes halogenated alkanes) is 10. The molecule has 1 heterocycles. The summed E-state index contributed by atoms with van der Waals surface area (Å²) in [5.74, 6) is 1.60. The third kappa shape index (κ3) is 12.5. The lowest BCUT2D eigenvalue weighted by Crippen LogP contribution is -2.16. The largest absolute Gasteiger partial charge is 0.493 e. The molecule has 2 unspecified atom stereocenters. The van der Waals surface area contributed by atoms with Crippen LogP contribution < -0.4 is 4.74 Å². The van der Waals surface area contributed by atoms with Crippen molar-refractivity contribution < 1.29 is 9.13 Å². The van der Waals surface area contributed by atoms with E-state index in [4.69, 9.17) is 4.74 Å². The average molecular weight is 485 g/mol. The normalized spacial score (nSPS) is 13.0. The second-order valence-electron chi connectivity index (χ2n) is 10.1. The maximum atomic E-state index is 14.2. The zero-order valence-corrected chi connectivity index (χ0v) is 22.6. The number of hydrogen-bond acceptors (Lipinski definition) is 3. The van der Waals surface area contributed by atoms with Crippen molar-refractivity contribution >= 4 is 0 Å². The van der Waals surface area contributed by atoms with Gasteiger partial charge in [0.25, 0.3) is 0 Å². The van der Waals surface area contributed by atoms with Crippen molar-refractivity contribution in [3.8, 4) is 17.1 Å². The highest BCUT2D eigenvalue weighted by atomic mass is 19.1. The predicted octanol–water partition coefficient (Wildman–Crippen LogP) is 9.54. The Balaban J connectivity index is 1.63. The standard InChI is InChI=1S/C31H49FN2O/c1-4-6-8-9-10-11-12-13-14-15-17-27-24-33-31(34-25-27)28-18-20-29(21-19-28)35-23-22-30(32)26(3)16-7-5-2/h18-21,24-26,30H,4-17,22-23H2,1-3H3. The Morgan fingerprint density at radius 1 is 0.743 bits per heavy atom. The van der Waals surface area contributed by atoms with Gasteiger partial charge >= 0.3 is 0 Å². The van der Waals surface area contributed by atoms with Crippen LogP contribution in [0.15, 0.2) is 36.7 Å². The van der Waals surface area contributed by atoms with E-state index in [1.165, 1.54) is 69.8 Å². The van der Waals surface area contributed by atoms with Crippen LogP contribution in [0.5, 0.6) is 5.75 Å². The fraction of sp³-hybridized carbons (Fsp3) is 0.677. The molecule has 0 N–H and O–H groups in total. The fourth-order valence-corrected chi connectivity index (χ4v) is 4.43. The van der Waals surface area contributed by atoms with E-state index in [9.17, 15) is 4.39 Å². The van der Waals surface area contributed by atoms with Crippen molar-refractivity contribution in [3.63, 3.8) is 0 Å². The van der Waals surface area contributed by atoms with Gasteiger partial charge in [-0.05, 0) is 55.0 Å². The molecule has 196 valence electrons.